The fraction of sp³-hybridized carbons (Fsp3) is 0.462. The molecule has 0 saturated heterocycles. The first-order chi connectivity index (χ1) is 9.00. The number of carboxylic acid groups (broad SMARTS) is 1. The van der Waals surface area contributed by atoms with Gasteiger partial charge >= 0.3 is 5.97 Å². The van der Waals surface area contributed by atoms with E-state index in [1.165, 1.54) is 18.3 Å². The van der Waals surface area contributed by atoms with E-state index in [9.17, 15) is 9.59 Å². The summed E-state index contributed by atoms with van der Waals surface area (Å²) in [4.78, 5) is 26.1. The van der Waals surface area contributed by atoms with Gasteiger partial charge in [0.1, 0.15) is 5.69 Å². The van der Waals surface area contributed by atoms with Crippen LogP contribution in [0.1, 0.15) is 41.1 Å². The third-order valence-corrected chi connectivity index (χ3v) is 2.30. The van der Waals surface area contributed by atoms with Crippen LogP contribution in [0, 0.1) is 0 Å². The van der Waals surface area contributed by atoms with Gasteiger partial charge in [0.2, 0.25) is 0 Å². The molecule has 6 heteroatoms. The molecule has 19 heavy (non-hydrogen) atoms. The molecule has 0 aliphatic heterocycles. The molecular formula is C13H18N2O4. The summed E-state index contributed by atoms with van der Waals surface area (Å²) < 4.78 is 5.34. The number of rotatable bonds is 7. The number of nitrogens with one attached hydrogen (secondary N) is 1. The van der Waals surface area contributed by atoms with Crippen molar-refractivity contribution in [3.63, 3.8) is 0 Å². The Kier molecular flexibility index (Phi) is 5.95. The molecule has 0 aliphatic rings. The molecule has 6 nitrogen and oxygen atoms in total. The lowest BCUT2D eigenvalue weighted by molar-refractivity contribution is 0.0690. The van der Waals surface area contributed by atoms with E-state index in [2.05, 4.69) is 10.3 Å². The summed E-state index contributed by atoms with van der Waals surface area (Å²) in [5.74, 6) is -1.46. The number of carbonyl (C=O) groups is 2. The van der Waals surface area contributed by atoms with Gasteiger partial charge in [-0.25, -0.2) is 9.78 Å². The average Bonchev–Trinajstić information content (AvgIpc) is 2.37. The zero-order valence-corrected chi connectivity index (χ0v) is 11.0. The van der Waals surface area contributed by atoms with Crippen LogP contribution in [0.4, 0.5) is 0 Å². The second-order valence-corrected chi connectivity index (χ2v) is 4.26. The molecule has 0 saturated carbocycles. The van der Waals surface area contributed by atoms with Crippen LogP contribution in [-0.2, 0) is 4.74 Å². The highest BCUT2D eigenvalue weighted by molar-refractivity contribution is 5.96. The zero-order valence-electron chi connectivity index (χ0n) is 11.0. The number of hydrogen-bond acceptors (Lipinski definition) is 4. The molecule has 1 rings (SSSR count). The quantitative estimate of drug-likeness (QED) is 0.727. The molecule has 1 amide bonds. The molecule has 0 spiro atoms. The monoisotopic (exact) mass is 266 g/mol. The first kappa shape index (κ1) is 15.1. The lowest BCUT2D eigenvalue weighted by Crippen LogP contribution is -2.26. The Morgan fingerprint density at radius 2 is 2.21 bits per heavy atom. The molecule has 1 aromatic heterocycles. The van der Waals surface area contributed by atoms with Crippen molar-refractivity contribution in [2.45, 2.75) is 26.4 Å². The van der Waals surface area contributed by atoms with Crippen molar-refractivity contribution >= 4 is 11.9 Å². The van der Waals surface area contributed by atoms with Gasteiger partial charge in [-0.1, -0.05) is 0 Å². The Balaban J connectivity index is 2.41. The number of carboxylic acids is 1. The van der Waals surface area contributed by atoms with Crippen LogP contribution in [0.2, 0.25) is 0 Å². The maximum Gasteiger partial charge on any atom is 0.354 e. The number of ether oxygens (including phenoxy) is 1. The summed E-state index contributed by atoms with van der Waals surface area (Å²) in [6, 6.07) is 2.73. The smallest absolute Gasteiger partial charge is 0.354 e. The number of aromatic carboxylic acids is 1. The summed E-state index contributed by atoms with van der Waals surface area (Å²) in [6.07, 6.45) is 2.19. The SMILES string of the molecule is CC(C)OCCCNC(=O)c1ccnc(C(=O)O)c1. The Hall–Kier alpha value is -1.95. The highest BCUT2D eigenvalue weighted by Gasteiger charge is 2.10. The molecule has 0 atom stereocenters. The Morgan fingerprint density at radius 1 is 1.47 bits per heavy atom. The van der Waals surface area contributed by atoms with E-state index in [1.54, 1.807) is 0 Å². The fourth-order valence-electron chi connectivity index (χ4n) is 1.38. The number of hydrogen-bond donors (Lipinski definition) is 2. The van der Waals surface area contributed by atoms with Crippen LogP contribution in [0.25, 0.3) is 0 Å². The van der Waals surface area contributed by atoms with E-state index in [1.807, 2.05) is 13.8 Å². The van der Waals surface area contributed by atoms with Gasteiger partial charge in [0.15, 0.2) is 0 Å². The molecule has 1 aromatic rings. The first-order valence-electron chi connectivity index (χ1n) is 6.10. The maximum atomic E-state index is 11.7. The van der Waals surface area contributed by atoms with E-state index in [-0.39, 0.29) is 23.3 Å². The molecular weight excluding hydrogens is 248 g/mol. The van der Waals surface area contributed by atoms with Crippen LogP contribution in [0.15, 0.2) is 18.3 Å². The summed E-state index contributed by atoms with van der Waals surface area (Å²) >= 11 is 0. The topological polar surface area (TPSA) is 88.5 Å². The predicted octanol–water partition coefficient (Wildman–Crippen LogP) is 1.32. The van der Waals surface area contributed by atoms with Crippen LogP contribution in [-0.4, -0.2) is 41.2 Å². The minimum absolute atomic E-state index is 0.143. The maximum absolute atomic E-state index is 11.7. The van der Waals surface area contributed by atoms with Crippen LogP contribution >= 0.6 is 0 Å². The highest BCUT2D eigenvalue weighted by Crippen LogP contribution is 2.02. The number of amides is 1. The van der Waals surface area contributed by atoms with Gasteiger partial charge in [0.25, 0.3) is 5.91 Å². The van der Waals surface area contributed by atoms with E-state index < -0.39 is 5.97 Å². The molecule has 0 radical (unpaired) electrons. The molecule has 2 N–H and O–H groups in total. The lowest BCUT2D eigenvalue weighted by atomic mass is 10.2. The van der Waals surface area contributed by atoms with E-state index in [4.69, 9.17) is 9.84 Å². The summed E-state index contributed by atoms with van der Waals surface area (Å²) in [7, 11) is 0. The molecule has 1 heterocycles. The number of pyridine rings is 1. The number of aromatic nitrogens is 1. The van der Waals surface area contributed by atoms with Crippen LogP contribution in [0.5, 0.6) is 0 Å². The largest absolute Gasteiger partial charge is 0.477 e. The van der Waals surface area contributed by atoms with E-state index in [0.29, 0.717) is 19.6 Å². The molecule has 0 aliphatic carbocycles. The standard InChI is InChI=1S/C13H18N2O4/c1-9(2)19-7-3-5-15-12(16)10-4-6-14-11(8-10)13(17)18/h4,6,8-9H,3,5,7H2,1-2H3,(H,15,16)(H,17,18). The summed E-state index contributed by atoms with van der Waals surface area (Å²) in [6.45, 7) is 4.96. The fourth-order valence-corrected chi connectivity index (χ4v) is 1.38. The van der Waals surface area contributed by atoms with Crippen molar-refractivity contribution in [3.8, 4) is 0 Å². The predicted molar refractivity (Wildman–Crippen MR) is 69.2 cm³/mol. The van der Waals surface area contributed by atoms with Crippen molar-refractivity contribution in [1.82, 2.24) is 10.3 Å². The highest BCUT2D eigenvalue weighted by atomic mass is 16.5. The van der Waals surface area contributed by atoms with Crippen molar-refractivity contribution in [1.29, 1.82) is 0 Å². The Bertz CT molecular complexity index is 446. The van der Waals surface area contributed by atoms with Gasteiger partial charge in [0, 0.05) is 24.9 Å². The second-order valence-electron chi connectivity index (χ2n) is 4.26. The zero-order chi connectivity index (χ0) is 14.3. The number of carbonyl (C=O) groups excluding carboxylic acids is 1. The van der Waals surface area contributed by atoms with Crippen LogP contribution in [0.3, 0.4) is 0 Å². The van der Waals surface area contributed by atoms with Crippen molar-refractivity contribution in [3.05, 3.63) is 29.6 Å². The van der Waals surface area contributed by atoms with Crippen molar-refractivity contribution < 1.29 is 19.4 Å². The average molecular weight is 266 g/mol. The van der Waals surface area contributed by atoms with Gasteiger partial charge in [-0.05, 0) is 32.4 Å². The van der Waals surface area contributed by atoms with E-state index in [0.717, 1.165) is 0 Å². The first-order valence-corrected chi connectivity index (χ1v) is 6.10. The lowest BCUT2D eigenvalue weighted by Gasteiger charge is -2.08. The minimum Gasteiger partial charge on any atom is -0.477 e. The van der Waals surface area contributed by atoms with Gasteiger partial charge in [0.05, 0.1) is 6.10 Å². The summed E-state index contributed by atoms with van der Waals surface area (Å²) in [5.41, 5.74) is 0.146. The van der Waals surface area contributed by atoms with Crippen LogP contribution < -0.4 is 5.32 Å². The van der Waals surface area contributed by atoms with E-state index >= 15 is 0 Å². The molecule has 104 valence electrons. The van der Waals surface area contributed by atoms with Crippen molar-refractivity contribution in [2.24, 2.45) is 0 Å². The molecule has 0 aromatic carbocycles. The normalized spacial score (nSPS) is 10.5. The van der Waals surface area contributed by atoms with Gasteiger partial charge < -0.3 is 15.2 Å². The summed E-state index contributed by atoms with van der Waals surface area (Å²) in [5, 5.41) is 11.5. The molecule has 0 fully saturated rings. The van der Waals surface area contributed by atoms with Crippen molar-refractivity contribution in [2.75, 3.05) is 13.2 Å². The number of nitrogens with zero attached hydrogens (tertiary/aromatic N) is 1. The molecule has 0 unspecified atom stereocenters. The Labute approximate surface area is 111 Å². The van der Waals surface area contributed by atoms with Gasteiger partial charge in [-0.2, -0.15) is 0 Å². The van der Waals surface area contributed by atoms with Gasteiger partial charge in [-0.15, -0.1) is 0 Å². The third-order valence-electron chi connectivity index (χ3n) is 2.30. The third kappa shape index (κ3) is 5.48. The minimum atomic E-state index is -1.15. The molecule has 0 bridgehead atoms. The second kappa shape index (κ2) is 7.48. The van der Waals surface area contributed by atoms with Gasteiger partial charge in [-0.3, -0.25) is 4.79 Å². The Morgan fingerprint density at radius 3 is 2.84 bits per heavy atom.